The van der Waals surface area contributed by atoms with Crippen molar-refractivity contribution in [3.63, 3.8) is 0 Å². The van der Waals surface area contributed by atoms with Gasteiger partial charge in [0, 0.05) is 6.20 Å². The average Bonchev–Trinajstić information content (AvgIpc) is 1.93. The van der Waals surface area contributed by atoms with Crippen LogP contribution in [-0.2, 0) is 0 Å². The lowest BCUT2D eigenvalue weighted by Crippen LogP contribution is -1.79. The van der Waals surface area contributed by atoms with E-state index < -0.39 is 0 Å². The summed E-state index contributed by atoms with van der Waals surface area (Å²) in [5.74, 6) is 0. The predicted molar refractivity (Wildman–Crippen MR) is 55.0 cm³/mol. The Bertz CT molecular complexity index is 233. The van der Waals surface area contributed by atoms with Crippen LogP contribution in [0.5, 0.6) is 0 Å². The third-order valence-electron chi connectivity index (χ3n) is 0.875. The fourth-order valence-corrected chi connectivity index (χ4v) is 2.16. The molecule has 1 rings (SSSR count). The molecule has 5 heteroatoms. The van der Waals surface area contributed by atoms with Gasteiger partial charge in [0.25, 0.3) is 0 Å². The normalized spacial score (nSPS) is 10.0. The zero-order valence-corrected chi connectivity index (χ0v) is 10.9. The van der Waals surface area contributed by atoms with Crippen molar-refractivity contribution in [2.24, 2.45) is 0 Å². The summed E-state index contributed by atoms with van der Waals surface area (Å²) in [7, 11) is 0. The van der Waals surface area contributed by atoms with E-state index in [2.05, 4.69) is 68.7 Å². The van der Waals surface area contributed by atoms with E-state index >= 15 is 0 Å². The van der Waals surface area contributed by atoms with Gasteiger partial charge in [-0.25, -0.2) is 4.98 Å². The zero-order valence-electron chi connectivity index (χ0n) is 4.54. The Morgan fingerprint density at radius 3 is 2.10 bits per heavy atom. The van der Waals surface area contributed by atoms with Crippen molar-refractivity contribution in [2.45, 2.75) is 0 Å². The molecule has 0 saturated heterocycles. The number of hydrogen-bond acceptors (Lipinski definition) is 1. The number of nitrogens with zero attached hydrogens (tertiary/aromatic N) is 1. The number of pyridine rings is 1. The van der Waals surface area contributed by atoms with Crippen LogP contribution >= 0.6 is 63.7 Å². The van der Waals surface area contributed by atoms with Gasteiger partial charge in [-0.3, -0.25) is 0 Å². The zero-order chi connectivity index (χ0) is 7.72. The van der Waals surface area contributed by atoms with Gasteiger partial charge in [-0.2, -0.15) is 0 Å². The molecule has 1 aromatic rings. The molecule has 0 aromatic carbocycles. The average molecular weight is 395 g/mol. The minimum atomic E-state index is 0.794. The van der Waals surface area contributed by atoms with Crippen molar-refractivity contribution in [3.8, 4) is 0 Å². The van der Waals surface area contributed by atoms with Crippen LogP contribution < -0.4 is 0 Å². The summed E-state index contributed by atoms with van der Waals surface area (Å²) < 4.78 is 3.61. The van der Waals surface area contributed by atoms with E-state index in [0.29, 0.717) is 0 Å². The summed E-state index contributed by atoms with van der Waals surface area (Å²) in [4.78, 5) is 4.03. The molecule has 1 heterocycles. The van der Waals surface area contributed by atoms with Gasteiger partial charge in [-0.15, -0.1) is 0 Å². The topological polar surface area (TPSA) is 12.9 Å². The van der Waals surface area contributed by atoms with Crippen molar-refractivity contribution < 1.29 is 0 Å². The van der Waals surface area contributed by atoms with Crippen LogP contribution in [0.15, 0.2) is 24.2 Å². The number of halogens is 4. The van der Waals surface area contributed by atoms with Crippen molar-refractivity contribution >= 4 is 63.7 Å². The molecule has 0 radical (unpaired) electrons. The molecule has 0 bridgehead atoms. The molecule has 54 valence electrons. The summed E-state index contributed by atoms with van der Waals surface area (Å²) in [6.07, 6.45) is 1.72. The Kier molecular flexibility index (Phi) is 3.34. The summed E-state index contributed by atoms with van der Waals surface area (Å²) in [5, 5.41) is 0. The summed E-state index contributed by atoms with van der Waals surface area (Å²) in [5.41, 5.74) is 0. The first-order valence-corrected chi connectivity index (χ1v) is 5.45. The van der Waals surface area contributed by atoms with Gasteiger partial charge in [-0.05, 0) is 63.7 Å². The van der Waals surface area contributed by atoms with E-state index in [4.69, 9.17) is 0 Å². The van der Waals surface area contributed by atoms with E-state index in [9.17, 15) is 0 Å². The van der Waals surface area contributed by atoms with E-state index in [1.807, 2.05) is 0 Å². The van der Waals surface area contributed by atoms with Crippen LogP contribution in [0.4, 0.5) is 0 Å². The summed E-state index contributed by atoms with van der Waals surface area (Å²) in [6.45, 7) is 0. The molecule has 1 aromatic heterocycles. The van der Waals surface area contributed by atoms with Crippen molar-refractivity contribution in [3.05, 3.63) is 24.2 Å². The molecule has 0 N–H and O–H groups in total. The van der Waals surface area contributed by atoms with Crippen LogP contribution in [0.25, 0.3) is 0 Å². The van der Waals surface area contributed by atoms with Crippen LogP contribution in [0, 0.1) is 0 Å². The lowest BCUT2D eigenvalue weighted by molar-refractivity contribution is 1.22. The Morgan fingerprint density at radius 1 is 1.00 bits per heavy atom. The quantitative estimate of drug-likeness (QED) is 0.603. The van der Waals surface area contributed by atoms with Gasteiger partial charge in [0.15, 0.2) is 0 Å². The van der Waals surface area contributed by atoms with Gasteiger partial charge < -0.3 is 0 Å². The van der Waals surface area contributed by atoms with Crippen LogP contribution in [0.2, 0.25) is 0 Å². The fourth-order valence-electron chi connectivity index (χ4n) is 0.422. The second kappa shape index (κ2) is 3.65. The first-order valence-electron chi connectivity index (χ1n) is 2.28. The highest BCUT2D eigenvalue weighted by molar-refractivity contribution is 9.15. The molecule has 0 atom stereocenters. The fraction of sp³-hybridized carbons (Fsp3) is 0. The maximum absolute atomic E-state index is 4.03. The number of aromatic nitrogens is 1. The maximum Gasteiger partial charge on any atom is 0.121 e. The first kappa shape index (κ1) is 9.16. The van der Waals surface area contributed by atoms with Crippen LogP contribution in [-0.4, -0.2) is 4.98 Å². The van der Waals surface area contributed by atoms with Crippen molar-refractivity contribution in [2.75, 3.05) is 0 Å². The first-order chi connectivity index (χ1) is 4.63. The Morgan fingerprint density at radius 2 is 1.60 bits per heavy atom. The molecular weight excluding hydrogens is 394 g/mol. The lowest BCUT2D eigenvalue weighted by Gasteiger charge is -1.99. The van der Waals surface area contributed by atoms with Gasteiger partial charge in [0.1, 0.15) is 4.60 Å². The third-order valence-corrected chi connectivity index (χ3v) is 5.27. The van der Waals surface area contributed by atoms with Gasteiger partial charge in [0.05, 0.1) is 13.4 Å². The second-order valence-electron chi connectivity index (χ2n) is 1.52. The van der Waals surface area contributed by atoms with E-state index in [1.54, 1.807) is 6.20 Å². The molecule has 0 fully saturated rings. The molecule has 10 heavy (non-hydrogen) atoms. The standard InChI is InChI=1S/C5HBr4N/c6-2-1-10-5(9)4(8)3(2)7/h1H. The molecule has 0 aliphatic carbocycles. The second-order valence-corrected chi connectivity index (χ2v) is 4.72. The highest BCUT2D eigenvalue weighted by Gasteiger charge is 2.05. The lowest BCUT2D eigenvalue weighted by atomic mass is 10.5. The Labute approximate surface area is 92.1 Å². The van der Waals surface area contributed by atoms with Crippen molar-refractivity contribution in [1.29, 1.82) is 0 Å². The Balaban J connectivity index is 3.34. The van der Waals surface area contributed by atoms with E-state index in [0.717, 1.165) is 18.0 Å². The summed E-state index contributed by atoms with van der Waals surface area (Å²) in [6, 6.07) is 0. The molecule has 0 amide bonds. The van der Waals surface area contributed by atoms with Gasteiger partial charge >= 0.3 is 0 Å². The predicted octanol–water partition coefficient (Wildman–Crippen LogP) is 4.13. The van der Waals surface area contributed by atoms with Crippen LogP contribution in [0.3, 0.4) is 0 Å². The smallest absolute Gasteiger partial charge is 0.121 e. The monoisotopic (exact) mass is 391 g/mol. The minimum Gasteiger partial charge on any atom is -0.247 e. The molecule has 0 aliphatic heterocycles. The maximum atomic E-state index is 4.03. The highest BCUT2D eigenvalue weighted by Crippen LogP contribution is 2.34. The molecule has 1 nitrogen and oxygen atoms in total. The molecule has 0 unspecified atom stereocenters. The van der Waals surface area contributed by atoms with E-state index in [1.165, 1.54) is 0 Å². The van der Waals surface area contributed by atoms with E-state index in [-0.39, 0.29) is 0 Å². The molecule has 0 aliphatic rings. The number of hydrogen-bond donors (Lipinski definition) is 0. The molecular formula is C5HBr4N. The van der Waals surface area contributed by atoms with Crippen LogP contribution in [0.1, 0.15) is 0 Å². The van der Waals surface area contributed by atoms with Crippen molar-refractivity contribution in [1.82, 2.24) is 4.98 Å². The minimum absolute atomic E-state index is 0.794. The molecule has 0 saturated carbocycles. The summed E-state index contributed by atoms with van der Waals surface area (Å²) >= 11 is 13.3. The highest BCUT2D eigenvalue weighted by atomic mass is 79.9. The van der Waals surface area contributed by atoms with Gasteiger partial charge in [-0.1, -0.05) is 0 Å². The Hall–Kier alpha value is 1.07. The molecule has 0 spiro atoms. The third kappa shape index (κ3) is 1.81. The largest absolute Gasteiger partial charge is 0.247 e. The van der Waals surface area contributed by atoms with Gasteiger partial charge in [0.2, 0.25) is 0 Å². The number of rotatable bonds is 0. The SMILES string of the molecule is Brc1cnc(Br)c(Br)c1Br.